The number of anilines is 6. The fourth-order valence-electron chi connectivity index (χ4n) is 11.9. The molecule has 330 valence electrons. The van der Waals surface area contributed by atoms with E-state index in [2.05, 4.69) is 265 Å². The number of nitrogens with zero attached hydrogens (tertiary/aromatic N) is 2. The molecule has 0 amide bonds. The highest BCUT2D eigenvalue weighted by Crippen LogP contribution is 2.54. The van der Waals surface area contributed by atoms with Gasteiger partial charge in [-0.15, -0.1) is 0 Å². The van der Waals surface area contributed by atoms with Gasteiger partial charge in [-0.1, -0.05) is 200 Å². The van der Waals surface area contributed by atoms with Gasteiger partial charge in [-0.3, -0.25) is 0 Å². The summed E-state index contributed by atoms with van der Waals surface area (Å²) >= 11 is 0. The van der Waals surface area contributed by atoms with Crippen molar-refractivity contribution < 1.29 is 0 Å². The average Bonchev–Trinajstić information content (AvgIpc) is 3.36. The van der Waals surface area contributed by atoms with Crippen molar-refractivity contribution in [2.45, 2.75) is 71.6 Å². The first-order valence-corrected chi connectivity index (χ1v) is 24.4. The van der Waals surface area contributed by atoms with E-state index in [1.807, 2.05) is 0 Å². The minimum Gasteiger partial charge on any atom is -0.311 e. The van der Waals surface area contributed by atoms with Gasteiger partial charge >= 0.3 is 0 Å². The van der Waals surface area contributed by atoms with E-state index in [1.165, 1.54) is 112 Å². The normalized spacial score (nSPS) is 14.9. The molecule has 68 heavy (non-hydrogen) atoms. The molecule has 0 radical (unpaired) electrons. The summed E-state index contributed by atoms with van der Waals surface area (Å²) in [6.07, 6.45) is 0. The van der Waals surface area contributed by atoms with E-state index in [1.54, 1.807) is 0 Å². The second-order valence-corrected chi connectivity index (χ2v) is 21.5. The first-order valence-electron chi connectivity index (χ1n) is 24.4. The van der Waals surface area contributed by atoms with Crippen molar-refractivity contribution in [1.29, 1.82) is 0 Å². The highest BCUT2D eigenvalue weighted by atomic mass is 15.2. The van der Waals surface area contributed by atoms with Crippen LogP contribution in [-0.4, -0.2) is 6.71 Å². The summed E-state index contributed by atoms with van der Waals surface area (Å²) in [5.74, 6) is 0. The van der Waals surface area contributed by atoms with Crippen LogP contribution in [0.25, 0.3) is 33.4 Å². The molecule has 0 spiro atoms. The molecule has 3 heteroatoms. The quantitative estimate of drug-likeness (QED) is 0.159. The Balaban J connectivity index is 1.19. The molecule has 0 saturated heterocycles. The van der Waals surface area contributed by atoms with Gasteiger partial charge in [0.1, 0.15) is 0 Å². The molecule has 2 aliphatic heterocycles. The van der Waals surface area contributed by atoms with Crippen LogP contribution in [0.15, 0.2) is 200 Å². The summed E-state index contributed by atoms with van der Waals surface area (Å²) in [7, 11) is 0. The molecule has 2 nitrogen and oxygen atoms in total. The molecule has 2 heterocycles. The summed E-state index contributed by atoms with van der Waals surface area (Å²) in [5, 5.41) is 0. The Morgan fingerprint density at radius 2 is 0.868 bits per heavy atom. The summed E-state index contributed by atoms with van der Waals surface area (Å²) in [6, 6.07) is 75.7. The van der Waals surface area contributed by atoms with Crippen LogP contribution >= 0.6 is 0 Å². The first-order chi connectivity index (χ1) is 32.8. The van der Waals surface area contributed by atoms with Crippen LogP contribution in [0.5, 0.6) is 0 Å². The zero-order chi connectivity index (χ0) is 46.7. The molecule has 0 aromatic heterocycles. The van der Waals surface area contributed by atoms with Gasteiger partial charge in [0, 0.05) is 44.8 Å². The average molecular weight is 877 g/mol. The minimum atomic E-state index is -0.230. The molecule has 0 unspecified atom stereocenters. The van der Waals surface area contributed by atoms with Crippen LogP contribution in [0.4, 0.5) is 34.1 Å². The van der Waals surface area contributed by atoms with Gasteiger partial charge in [0.05, 0.1) is 5.69 Å². The van der Waals surface area contributed by atoms with Gasteiger partial charge in [-0.2, -0.15) is 0 Å². The SMILES string of the molecule is Cc1cc2c3c(c1)N(c1ccc(C(C)(C)C)cc1-c1ccccc1)c1cc4c(cc1B3c1cc(-c3ccccc3)ccc1N2c1ccc(-c2ccccc2)cc1)C(C)(C)c1ccccc1C4(C)C. The maximum Gasteiger partial charge on any atom is 0.252 e. The fraction of sp³-hybridized carbons (Fsp3) is 0.169. The van der Waals surface area contributed by atoms with Gasteiger partial charge < -0.3 is 9.80 Å². The summed E-state index contributed by atoms with van der Waals surface area (Å²) in [5.41, 5.74) is 26.2. The fourth-order valence-corrected chi connectivity index (χ4v) is 11.9. The molecule has 0 N–H and O–H groups in total. The predicted octanol–water partition coefficient (Wildman–Crippen LogP) is 15.3. The summed E-state index contributed by atoms with van der Waals surface area (Å²) < 4.78 is 0. The number of aryl methyl sites for hydroxylation is 1. The van der Waals surface area contributed by atoms with Crippen molar-refractivity contribution >= 4 is 57.2 Å². The van der Waals surface area contributed by atoms with Crippen molar-refractivity contribution in [3.8, 4) is 33.4 Å². The second-order valence-electron chi connectivity index (χ2n) is 21.5. The number of hydrogen-bond donors (Lipinski definition) is 0. The van der Waals surface area contributed by atoms with Crippen LogP contribution in [0.3, 0.4) is 0 Å². The Labute approximate surface area is 403 Å². The van der Waals surface area contributed by atoms with E-state index < -0.39 is 0 Å². The van der Waals surface area contributed by atoms with Gasteiger partial charge in [0.25, 0.3) is 6.71 Å². The Kier molecular flexibility index (Phi) is 9.48. The van der Waals surface area contributed by atoms with Crippen LogP contribution in [0, 0.1) is 6.92 Å². The van der Waals surface area contributed by atoms with Crippen molar-refractivity contribution in [2.75, 3.05) is 9.80 Å². The maximum atomic E-state index is 2.65. The van der Waals surface area contributed by atoms with Crippen molar-refractivity contribution in [2.24, 2.45) is 0 Å². The number of hydrogen-bond acceptors (Lipinski definition) is 2. The molecule has 1 aliphatic carbocycles. The van der Waals surface area contributed by atoms with E-state index in [9.17, 15) is 0 Å². The van der Waals surface area contributed by atoms with Crippen molar-refractivity contribution in [1.82, 2.24) is 0 Å². The van der Waals surface area contributed by atoms with Gasteiger partial charge in [-0.25, -0.2) is 0 Å². The molecule has 12 rings (SSSR count). The van der Waals surface area contributed by atoms with Gasteiger partial charge in [0.2, 0.25) is 0 Å². The third-order valence-corrected chi connectivity index (χ3v) is 15.5. The second kappa shape index (κ2) is 15.3. The van der Waals surface area contributed by atoms with E-state index in [4.69, 9.17) is 0 Å². The molecule has 3 aliphatic rings. The van der Waals surface area contributed by atoms with E-state index in [0.29, 0.717) is 0 Å². The molecule has 0 saturated carbocycles. The molecule has 0 bridgehead atoms. The van der Waals surface area contributed by atoms with E-state index in [-0.39, 0.29) is 23.0 Å². The monoisotopic (exact) mass is 876 g/mol. The Morgan fingerprint density at radius 1 is 0.382 bits per heavy atom. The van der Waals surface area contributed by atoms with Crippen LogP contribution in [-0.2, 0) is 16.2 Å². The lowest BCUT2D eigenvalue weighted by atomic mass is 9.33. The molecule has 9 aromatic carbocycles. The highest BCUT2D eigenvalue weighted by Gasteiger charge is 2.48. The van der Waals surface area contributed by atoms with E-state index in [0.717, 1.165) is 5.69 Å². The third-order valence-electron chi connectivity index (χ3n) is 15.5. The Hall–Kier alpha value is -7.36. The number of fused-ring (bicyclic) bond motifs is 6. The highest BCUT2D eigenvalue weighted by molar-refractivity contribution is 7.00. The van der Waals surface area contributed by atoms with Gasteiger partial charge in [0.15, 0.2) is 0 Å². The lowest BCUT2D eigenvalue weighted by molar-refractivity contribution is 0.521. The third kappa shape index (κ3) is 6.46. The maximum absolute atomic E-state index is 2.65. The molecular formula is C65H57BN2. The molecule has 9 aromatic rings. The van der Waals surface area contributed by atoms with E-state index >= 15 is 0 Å². The predicted molar refractivity (Wildman–Crippen MR) is 291 cm³/mol. The van der Waals surface area contributed by atoms with Crippen LogP contribution < -0.4 is 26.2 Å². The Bertz CT molecular complexity index is 3430. The van der Waals surface area contributed by atoms with Crippen molar-refractivity contribution in [3.63, 3.8) is 0 Å². The summed E-state index contributed by atoms with van der Waals surface area (Å²) in [4.78, 5) is 5.20. The zero-order valence-corrected chi connectivity index (χ0v) is 40.5. The first kappa shape index (κ1) is 42.0. The lowest BCUT2D eigenvalue weighted by Crippen LogP contribution is -2.62. The molecular weight excluding hydrogens is 820 g/mol. The standard InChI is InChI=1S/C65H57BN2/c1-42-36-60-62-61(37-42)68(57-35-31-48(63(2,3)4)39-50(57)46-24-16-11-17-25-46)59-41-54-53(64(5,6)51-26-18-19-27-52(51)65(54,7)8)40-56(59)66(62)55-38-47(44-22-14-10-15-23-44)30-34-58(55)67(60)49-32-28-45(29-33-49)43-20-12-9-13-21-43/h9-41H,1-8H3. The minimum absolute atomic E-state index is 0.0335. The largest absolute Gasteiger partial charge is 0.311 e. The molecule has 0 atom stereocenters. The topological polar surface area (TPSA) is 6.48 Å². The van der Waals surface area contributed by atoms with Crippen LogP contribution in [0.1, 0.15) is 81.8 Å². The zero-order valence-electron chi connectivity index (χ0n) is 40.5. The molecule has 0 fully saturated rings. The lowest BCUT2D eigenvalue weighted by Gasteiger charge is -2.48. The van der Waals surface area contributed by atoms with Crippen LogP contribution in [0.2, 0.25) is 0 Å². The Morgan fingerprint density at radius 3 is 1.47 bits per heavy atom. The number of rotatable bonds is 5. The van der Waals surface area contributed by atoms with Crippen molar-refractivity contribution in [3.05, 3.63) is 234 Å². The van der Waals surface area contributed by atoms with Gasteiger partial charge in [-0.05, 0) is 138 Å². The smallest absolute Gasteiger partial charge is 0.252 e. The number of benzene rings is 9. The summed E-state index contributed by atoms with van der Waals surface area (Å²) in [6.45, 7) is 19.0.